The summed E-state index contributed by atoms with van der Waals surface area (Å²) in [6, 6.07) is 16.5. The first-order valence-electron chi connectivity index (χ1n) is 9.94. The lowest BCUT2D eigenvalue weighted by Crippen LogP contribution is -2.26. The fraction of sp³-hybridized carbons (Fsp3) is 0.273. The predicted octanol–water partition coefficient (Wildman–Crippen LogP) is 3.28. The zero-order valence-electron chi connectivity index (χ0n) is 18.8. The lowest BCUT2D eigenvalue weighted by molar-refractivity contribution is -0.193. The second-order valence-corrected chi connectivity index (χ2v) is 6.66. The number of rotatable bonds is 7. The van der Waals surface area contributed by atoms with Crippen molar-refractivity contribution in [1.29, 1.82) is 0 Å². The summed E-state index contributed by atoms with van der Waals surface area (Å²) in [5.41, 5.74) is 7.90. The molecule has 0 aliphatic carbocycles. The minimum Gasteiger partial charge on any atom is -0.475 e. The molecule has 2 rings (SSSR count). The van der Waals surface area contributed by atoms with Gasteiger partial charge in [0.2, 0.25) is 0 Å². The highest BCUT2D eigenvalue weighted by atomic mass is 19.4. The van der Waals surface area contributed by atoms with E-state index < -0.39 is 24.3 Å². The summed E-state index contributed by atoms with van der Waals surface area (Å²) in [7, 11) is 0. The molecule has 0 aromatic heterocycles. The number of amides is 1. The first-order valence-corrected chi connectivity index (χ1v) is 9.94. The Kier molecular flexibility index (Phi) is 14.0. The molecule has 0 spiro atoms. The number of nitrogens with one attached hydrogen (secondary N) is 1. The SMILES string of the molecule is NCc1cccc(C(=O)NCCC(=O)OCc2ccccc2)c1.O=C(O)C(F)(F)F.O=C(O)C(F)(F)F. The molecule has 15 heteroatoms. The van der Waals surface area contributed by atoms with Gasteiger partial charge < -0.3 is 26.0 Å². The van der Waals surface area contributed by atoms with Crippen LogP contribution in [0.15, 0.2) is 54.6 Å². The summed E-state index contributed by atoms with van der Waals surface area (Å²) in [6.45, 7) is 0.860. The van der Waals surface area contributed by atoms with E-state index in [1.165, 1.54) is 0 Å². The largest absolute Gasteiger partial charge is 0.490 e. The van der Waals surface area contributed by atoms with Crippen molar-refractivity contribution < 1.29 is 60.5 Å². The second kappa shape index (κ2) is 15.8. The molecule has 0 radical (unpaired) electrons. The average Bonchev–Trinajstić information content (AvgIpc) is 2.83. The van der Waals surface area contributed by atoms with Crippen molar-refractivity contribution in [3.63, 3.8) is 0 Å². The van der Waals surface area contributed by atoms with Crippen molar-refractivity contribution in [1.82, 2.24) is 5.32 Å². The Morgan fingerprint density at radius 1 is 0.811 bits per heavy atom. The molecule has 37 heavy (non-hydrogen) atoms. The molecule has 2 aromatic rings. The highest BCUT2D eigenvalue weighted by Crippen LogP contribution is 2.13. The van der Waals surface area contributed by atoms with Crippen LogP contribution < -0.4 is 11.1 Å². The highest BCUT2D eigenvalue weighted by Gasteiger charge is 2.38. The number of hydrogen-bond acceptors (Lipinski definition) is 6. The van der Waals surface area contributed by atoms with Gasteiger partial charge in [-0.1, -0.05) is 42.5 Å². The normalized spacial score (nSPS) is 10.6. The summed E-state index contributed by atoms with van der Waals surface area (Å²) in [6.07, 6.45) is -10.0. The van der Waals surface area contributed by atoms with Crippen LogP contribution in [0.5, 0.6) is 0 Å². The third kappa shape index (κ3) is 15.5. The van der Waals surface area contributed by atoms with Gasteiger partial charge >= 0.3 is 30.3 Å². The van der Waals surface area contributed by atoms with Gasteiger partial charge in [0, 0.05) is 18.7 Å². The first kappa shape index (κ1) is 32.9. The Morgan fingerprint density at radius 2 is 1.30 bits per heavy atom. The van der Waals surface area contributed by atoms with Crippen LogP contribution in [0.3, 0.4) is 0 Å². The molecule has 0 atom stereocenters. The smallest absolute Gasteiger partial charge is 0.475 e. The topological polar surface area (TPSA) is 156 Å². The molecule has 0 saturated heterocycles. The number of carboxylic acid groups (broad SMARTS) is 2. The Bertz CT molecular complexity index is 1000. The molecule has 0 heterocycles. The van der Waals surface area contributed by atoms with Gasteiger partial charge in [-0.2, -0.15) is 26.3 Å². The van der Waals surface area contributed by atoms with Crippen LogP contribution in [0, 0.1) is 0 Å². The lowest BCUT2D eigenvalue weighted by atomic mass is 10.1. The summed E-state index contributed by atoms with van der Waals surface area (Å²) < 4.78 is 68.6. The van der Waals surface area contributed by atoms with Gasteiger partial charge in [0.05, 0.1) is 6.42 Å². The van der Waals surface area contributed by atoms with Crippen molar-refractivity contribution >= 4 is 23.8 Å². The van der Waals surface area contributed by atoms with Crippen molar-refractivity contribution in [2.24, 2.45) is 5.73 Å². The molecule has 0 saturated carbocycles. The third-order valence-corrected chi connectivity index (χ3v) is 3.77. The van der Waals surface area contributed by atoms with E-state index in [0.717, 1.165) is 11.1 Å². The van der Waals surface area contributed by atoms with E-state index in [1.54, 1.807) is 18.2 Å². The van der Waals surface area contributed by atoms with Crippen LogP contribution in [0.4, 0.5) is 26.3 Å². The number of ether oxygens (including phenoxy) is 1. The zero-order chi connectivity index (χ0) is 28.6. The molecule has 204 valence electrons. The van der Waals surface area contributed by atoms with Gasteiger partial charge in [-0.15, -0.1) is 0 Å². The van der Waals surface area contributed by atoms with Crippen molar-refractivity contribution in [3.8, 4) is 0 Å². The Balaban J connectivity index is 0.000000761. The van der Waals surface area contributed by atoms with Crippen LogP contribution in [0.1, 0.15) is 27.9 Å². The van der Waals surface area contributed by atoms with Crippen LogP contribution in [0.2, 0.25) is 0 Å². The zero-order valence-corrected chi connectivity index (χ0v) is 18.8. The van der Waals surface area contributed by atoms with Gasteiger partial charge in [-0.25, -0.2) is 9.59 Å². The van der Waals surface area contributed by atoms with Crippen LogP contribution in [-0.4, -0.2) is 52.9 Å². The molecule has 5 N–H and O–H groups in total. The van der Waals surface area contributed by atoms with Crippen LogP contribution >= 0.6 is 0 Å². The highest BCUT2D eigenvalue weighted by molar-refractivity contribution is 5.94. The molecule has 9 nitrogen and oxygen atoms in total. The summed E-state index contributed by atoms with van der Waals surface area (Å²) >= 11 is 0. The molecule has 0 aliphatic rings. The van der Waals surface area contributed by atoms with E-state index in [0.29, 0.717) is 12.1 Å². The van der Waals surface area contributed by atoms with E-state index in [9.17, 15) is 35.9 Å². The lowest BCUT2D eigenvalue weighted by Gasteiger charge is -2.07. The molecular formula is C22H22F6N2O7. The van der Waals surface area contributed by atoms with Gasteiger partial charge in [-0.3, -0.25) is 9.59 Å². The van der Waals surface area contributed by atoms with E-state index >= 15 is 0 Å². The molecule has 0 unspecified atom stereocenters. The number of benzene rings is 2. The van der Waals surface area contributed by atoms with Crippen LogP contribution in [-0.2, 0) is 32.3 Å². The Labute approximate surface area is 205 Å². The predicted molar refractivity (Wildman–Crippen MR) is 115 cm³/mol. The molecule has 0 bridgehead atoms. The molecule has 0 aliphatic heterocycles. The average molecular weight is 540 g/mol. The van der Waals surface area contributed by atoms with Crippen molar-refractivity contribution in [3.05, 3.63) is 71.3 Å². The Hall–Kier alpha value is -4.14. The monoisotopic (exact) mass is 540 g/mol. The number of carbonyl (C=O) groups excluding carboxylic acids is 2. The number of carbonyl (C=O) groups is 4. The fourth-order valence-corrected chi connectivity index (χ4v) is 2.03. The van der Waals surface area contributed by atoms with E-state index in [2.05, 4.69) is 5.32 Å². The molecule has 0 fully saturated rings. The van der Waals surface area contributed by atoms with E-state index in [4.69, 9.17) is 30.3 Å². The van der Waals surface area contributed by atoms with Gasteiger partial charge in [0.25, 0.3) is 5.91 Å². The van der Waals surface area contributed by atoms with Gasteiger partial charge in [-0.05, 0) is 23.3 Å². The number of aliphatic carboxylic acids is 2. The first-order chi connectivity index (χ1) is 17.1. The maximum Gasteiger partial charge on any atom is 0.490 e. The summed E-state index contributed by atoms with van der Waals surface area (Å²) in [5.74, 6) is -6.08. The number of carboxylic acids is 2. The van der Waals surface area contributed by atoms with Crippen molar-refractivity contribution in [2.75, 3.05) is 6.54 Å². The number of halogens is 6. The fourth-order valence-electron chi connectivity index (χ4n) is 2.03. The summed E-state index contributed by atoms with van der Waals surface area (Å²) in [5, 5.41) is 16.9. The maximum atomic E-state index is 12.0. The molecule has 1 amide bonds. The molecule has 2 aromatic carbocycles. The summed E-state index contributed by atoms with van der Waals surface area (Å²) in [4.78, 5) is 41.4. The number of nitrogens with two attached hydrogens (primary N) is 1. The quantitative estimate of drug-likeness (QED) is 0.308. The van der Waals surface area contributed by atoms with Crippen LogP contribution in [0.25, 0.3) is 0 Å². The molecular weight excluding hydrogens is 518 g/mol. The number of hydrogen-bond donors (Lipinski definition) is 4. The maximum absolute atomic E-state index is 12.0. The van der Waals surface area contributed by atoms with Crippen molar-refractivity contribution in [2.45, 2.75) is 31.9 Å². The van der Waals surface area contributed by atoms with Gasteiger partial charge in [0.15, 0.2) is 0 Å². The van der Waals surface area contributed by atoms with E-state index in [1.807, 2.05) is 36.4 Å². The number of esters is 1. The minimum atomic E-state index is -5.08. The standard InChI is InChI=1S/C18H20N2O3.2C2HF3O2/c19-12-15-7-4-8-16(11-15)18(22)20-10-9-17(21)23-13-14-5-2-1-3-6-14;2*3-2(4,5)1(6)7/h1-8,11H,9-10,12-13,19H2,(H,20,22);2*(H,6,7). The number of alkyl halides is 6. The third-order valence-electron chi connectivity index (χ3n) is 3.77. The van der Waals surface area contributed by atoms with Gasteiger partial charge in [0.1, 0.15) is 6.61 Å². The second-order valence-electron chi connectivity index (χ2n) is 6.66. The Morgan fingerprint density at radius 3 is 1.76 bits per heavy atom. The van der Waals surface area contributed by atoms with E-state index in [-0.39, 0.29) is 31.4 Å². The minimum absolute atomic E-state index is 0.134.